The molecule has 2 N–H and O–H groups in total. The predicted molar refractivity (Wildman–Crippen MR) is 110 cm³/mol. The fourth-order valence-electron chi connectivity index (χ4n) is 3.11. The molecule has 0 atom stereocenters. The van der Waals surface area contributed by atoms with E-state index in [1.54, 1.807) is 11.3 Å². The topological polar surface area (TPSA) is 75.6 Å². The summed E-state index contributed by atoms with van der Waals surface area (Å²) in [5.41, 5.74) is 8.41. The second kappa shape index (κ2) is 8.22. The van der Waals surface area contributed by atoms with E-state index in [1.807, 2.05) is 59.0 Å². The third-order valence-electron chi connectivity index (χ3n) is 4.62. The lowest BCUT2D eigenvalue weighted by atomic mass is 10.2. The zero-order valence-electron chi connectivity index (χ0n) is 15.1. The highest BCUT2D eigenvalue weighted by Crippen LogP contribution is 2.18. The van der Waals surface area contributed by atoms with Gasteiger partial charge in [-0.3, -0.25) is 4.99 Å². The van der Waals surface area contributed by atoms with Gasteiger partial charge in [-0.25, -0.2) is 9.67 Å². The van der Waals surface area contributed by atoms with Crippen LogP contribution in [0.4, 0.5) is 5.13 Å². The molecule has 1 fully saturated rings. The summed E-state index contributed by atoms with van der Waals surface area (Å²) in [6, 6.07) is 10.1. The fraction of sp³-hybridized carbons (Fsp3) is 0.316. The van der Waals surface area contributed by atoms with Gasteiger partial charge >= 0.3 is 0 Å². The van der Waals surface area contributed by atoms with Gasteiger partial charge in [0.05, 0.1) is 11.9 Å². The molecule has 7 nitrogen and oxygen atoms in total. The van der Waals surface area contributed by atoms with Crippen LogP contribution in [0, 0.1) is 0 Å². The van der Waals surface area contributed by atoms with E-state index in [4.69, 9.17) is 5.73 Å². The number of para-hydroxylation sites is 1. The van der Waals surface area contributed by atoms with Gasteiger partial charge < -0.3 is 15.5 Å². The lowest BCUT2D eigenvalue weighted by molar-refractivity contribution is 0.380. The Morgan fingerprint density at radius 1 is 1.15 bits per heavy atom. The van der Waals surface area contributed by atoms with Crippen LogP contribution in [0.1, 0.15) is 5.56 Å². The SMILES string of the molecule is NC(=NCCc1cnn(-c2ccccc2)c1)N1CCN(c2nccs2)CC1. The molecule has 0 bridgehead atoms. The van der Waals surface area contributed by atoms with Gasteiger partial charge in [-0.2, -0.15) is 5.10 Å². The summed E-state index contributed by atoms with van der Waals surface area (Å²) in [6.07, 6.45) is 6.62. The van der Waals surface area contributed by atoms with E-state index in [0.29, 0.717) is 12.5 Å². The number of thiazole rings is 1. The molecule has 3 heterocycles. The lowest BCUT2D eigenvalue weighted by Crippen LogP contribution is -2.51. The molecule has 2 aromatic heterocycles. The van der Waals surface area contributed by atoms with Crippen LogP contribution >= 0.6 is 11.3 Å². The highest BCUT2D eigenvalue weighted by Gasteiger charge is 2.19. The third-order valence-corrected chi connectivity index (χ3v) is 5.46. The Labute approximate surface area is 162 Å². The van der Waals surface area contributed by atoms with Gasteiger partial charge in [0.1, 0.15) is 0 Å². The van der Waals surface area contributed by atoms with Crippen molar-refractivity contribution in [2.24, 2.45) is 10.7 Å². The number of aliphatic imine (C=N–C) groups is 1. The standard InChI is InChI=1S/C19H23N7S/c20-18(24-9-11-25(12-10-24)19-22-8-13-27-19)21-7-6-16-14-23-26(15-16)17-4-2-1-3-5-17/h1-5,8,13-15H,6-7,9-12H2,(H2,20,21). The zero-order valence-corrected chi connectivity index (χ0v) is 15.9. The number of rotatable bonds is 5. The Balaban J connectivity index is 1.27. The molecule has 8 heteroatoms. The molecule has 3 aromatic rings. The number of anilines is 1. The largest absolute Gasteiger partial charge is 0.370 e. The maximum absolute atomic E-state index is 6.20. The van der Waals surface area contributed by atoms with Crippen molar-refractivity contribution in [3.8, 4) is 5.69 Å². The molecule has 1 aliphatic heterocycles. The van der Waals surface area contributed by atoms with E-state index in [2.05, 4.69) is 24.9 Å². The van der Waals surface area contributed by atoms with Crippen LogP contribution in [-0.4, -0.2) is 58.3 Å². The van der Waals surface area contributed by atoms with E-state index < -0.39 is 0 Å². The van der Waals surface area contributed by atoms with Gasteiger partial charge in [-0.1, -0.05) is 18.2 Å². The monoisotopic (exact) mass is 381 g/mol. The summed E-state index contributed by atoms with van der Waals surface area (Å²) in [7, 11) is 0. The van der Waals surface area contributed by atoms with Crippen LogP contribution in [0.3, 0.4) is 0 Å². The quantitative estimate of drug-likeness (QED) is 0.540. The van der Waals surface area contributed by atoms with Crippen LogP contribution in [0.25, 0.3) is 5.69 Å². The Bertz CT molecular complexity index is 865. The molecule has 0 radical (unpaired) electrons. The first kappa shape index (κ1) is 17.5. The molecule has 0 aliphatic carbocycles. The number of nitrogens with zero attached hydrogens (tertiary/aromatic N) is 6. The molecule has 0 amide bonds. The maximum atomic E-state index is 6.20. The summed E-state index contributed by atoms with van der Waals surface area (Å²) < 4.78 is 1.89. The van der Waals surface area contributed by atoms with E-state index in [0.717, 1.165) is 49.0 Å². The predicted octanol–water partition coefficient (Wildman–Crippen LogP) is 2.01. The third kappa shape index (κ3) is 4.28. The highest BCUT2D eigenvalue weighted by atomic mass is 32.1. The molecule has 140 valence electrons. The summed E-state index contributed by atoms with van der Waals surface area (Å²) >= 11 is 1.68. The Morgan fingerprint density at radius 2 is 1.96 bits per heavy atom. The zero-order chi connectivity index (χ0) is 18.5. The van der Waals surface area contributed by atoms with Gasteiger partial charge in [0.2, 0.25) is 0 Å². The minimum absolute atomic E-state index is 0.629. The van der Waals surface area contributed by atoms with E-state index in [1.165, 1.54) is 0 Å². The van der Waals surface area contributed by atoms with E-state index in [9.17, 15) is 0 Å². The number of nitrogens with two attached hydrogens (primary N) is 1. The van der Waals surface area contributed by atoms with E-state index >= 15 is 0 Å². The highest BCUT2D eigenvalue weighted by molar-refractivity contribution is 7.13. The minimum atomic E-state index is 0.629. The van der Waals surface area contributed by atoms with Gasteiger partial charge in [-0.15, -0.1) is 11.3 Å². The van der Waals surface area contributed by atoms with Crippen molar-refractivity contribution >= 4 is 22.4 Å². The summed E-state index contributed by atoms with van der Waals surface area (Å²) in [5.74, 6) is 0.629. The van der Waals surface area contributed by atoms with Gasteiger partial charge in [0, 0.05) is 50.5 Å². The Kier molecular flexibility index (Phi) is 5.34. The molecule has 0 spiro atoms. The second-order valence-electron chi connectivity index (χ2n) is 6.41. The molecule has 1 saturated heterocycles. The molecule has 0 saturated carbocycles. The number of hydrogen-bond acceptors (Lipinski definition) is 5. The van der Waals surface area contributed by atoms with Crippen molar-refractivity contribution in [3.05, 3.63) is 59.9 Å². The van der Waals surface area contributed by atoms with E-state index in [-0.39, 0.29) is 0 Å². The molecule has 1 aromatic carbocycles. The second-order valence-corrected chi connectivity index (χ2v) is 7.28. The Hall–Kier alpha value is -2.87. The minimum Gasteiger partial charge on any atom is -0.370 e. The molecular formula is C19H23N7S. The molecule has 1 aliphatic rings. The molecule has 4 rings (SSSR count). The van der Waals surface area contributed by atoms with Crippen LogP contribution in [-0.2, 0) is 6.42 Å². The first-order chi connectivity index (χ1) is 13.3. The molecular weight excluding hydrogens is 358 g/mol. The number of guanidine groups is 1. The van der Waals surface area contributed by atoms with Crippen molar-refractivity contribution in [2.75, 3.05) is 37.6 Å². The van der Waals surface area contributed by atoms with Gasteiger partial charge in [-0.05, 0) is 24.1 Å². The van der Waals surface area contributed by atoms with Gasteiger partial charge in [0.15, 0.2) is 11.1 Å². The molecule has 0 unspecified atom stereocenters. The first-order valence-electron chi connectivity index (χ1n) is 9.08. The molecule has 27 heavy (non-hydrogen) atoms. The number of hydrogen-bond donors (Lipinski definition) is 1. The van der Waals surface area contributed by atoms with Crippen LogP contribution in [0.2, 0.25) is 0 Å². The van der Waals surface area contributed by atoms with Crippen LogP contribution < -0.4 is 10.6 Å². The average Bonchev–Trinajstić information content (AvgIpc) is 3.41. The maximum Gasteiger partial charge on any atom is 0.191 e. The average molecular weight is 382 g/mol. The number of piperazine rings is 1. The van der Waals surface area contributed by atoms with Crippen molar-refractivity contribution in [1.82, 2.24) is 19.7 Å². The summed E-state index contributed by atoms with van der Waals surface area (Å²) in [6.45, 7) is 4.27. The van der Waals surface area contributed by atoms with Crippen molar-refractivity contribution in [2.45, 2.75) is 6.42 Å². The summed E-state index contributed by atoms with van der Waals surface area (Å²) in [4.78, 5) is 13.4. The van der Waals surface area contributed by atoms with Crippen LogP contribution in [0.5, 0.6) is 0 Å². The fourth-order valence-corrected chi connectivity index (χ4v) is 3.81. The van der Waals surface area contributed by atoms with Crippen molar-refractivity contribution < 1.29 is 0 Å². The first-order valence-corrected chi connectivity index (χ1v) is 9.96. The van der Waals surface area contributed by atoms with Crippen LogP contribution in [0.15, 0.2) is 59.3 Å². The van der Waals surface area contributed by atoms with Gasteiger partial charge in [0.25, 0.3) is 0 Å². The normalized spacial score (nSPS) is 15.3. The lowest BCUT2D eigenvalue weighted by Gasteiger charge is -2.35. The van der Waals surface area contributed by atoms with Crippen molar-refractivity contribution in [3.63, 3.8) is 0 Å². The number of aromatic nitrogens is 3. The summed E-state index contributed by atoms with van der Waals surface area (Å²) in [5, 5.41) is 7.52. The number of benzene rings is 1. The smallest absolute Gasteiger partial charge is 0.191 e. The van der Waals surface area contributed by atoms with Crippen molar-refractivity contribution in [1.29, 1.82) is 0 Å². The Morgan fingerprint density at radius 3 is 2.70 bits per heavy atom.